The number of rotatable bonds is 5. The Morgan fingerprint density at radius 1 is 1.13 bits per heavy atom. The summed E-state index contributed by atoms with van der Waals surface area (Å²) >= 11 is 2.02. The fourth-order valence-corrected chi connectivity index (χ4v) is 4.57. The highest BCUT2D eigenvalue weighted by Gasteiger charge is 2.26. The first kappa shape index (κ1) is 22.7. The summed E-state index contributed by atoms with van der Waals surface area (Å²) in [7, 11) is -3.41. The van der Waals surface area contributed by atoms with Crippen LogP contribution in [0, 0.1) is 9.39 Å². The Labute approximate surface area is 189 Å². The van der Waals surface area contributed by atoms with E-state index >= 15 is 0 Å². The monoisotopic (exact) mass is 544 g/mol. The largest absolute Gasteiger partial charge is 0.366 e. The molecular weight excluding hydrogens is 522 g/mol. The van der Waals surface area contributed by atoms with Gasteiger partial charge in [-0.3, -0.25) is 4.79 Å². The Balaban J connectivity index is 1.73. The smallest absolute Gasteiger partial charge is 0.255 e. The van der Waals surface area contributed by atoms with Gasteiger partial charge < -0.3 is 14.6 Å². The van der Waals surface area contributed by atoms with Crippen LogP contribution in [-0.4, -0.2) is 57.9 Å². The molecule has 1 saturated heterocycles. The lowest BCUT2D eigenvalue weighted by Gasteiger charge is -2.36. The molecule has 1 atom stereocenters. The molecule has 1 fully saturated rings. The minimum absolute atomic E-state index is 0.108. The van der Waals surface area contributed by atoms with Gasteiger partial charge in [0.1, 0.15) is 12.1 Å². The second-order valence-corrected chi connectivity index (χ2v) is 10.5. The van der Waals surface area contributed by atoms with Crippen LogP contribution in [0.25, 0.3) is 0 Å². The van der Waals surface area contributed by atoms with Crippen molar-refractivity contribution in [1.82, 2.24) is 4.90 Å². The summed E-state index contributed by atoms with van der Waals surface area (Å²) in [4.78, 5) is 27.5. The van der Waals surface area contributed by atoms with Crippen molar-refractivity contribution < 1.29 is 22.4 Å². The van der Waals surface area contributed by atoms with Crippen molar-refractivity contribution in [2.45, 2.75) is 17.7 Å². The molecule has 0 N–H and O–H groups in total. The second kappa shape index (κ2) is 9.01. The average Bonchev–Trinajstić information content (AvgIpc) is 2.72. The van der Waals surface area contributed by atoms with Crippen LogP contribution < -0.4 is 4.90 Å². The number of nitrogens with zero attached hydrogens (tertiary/aromatic N) is 2. The summed E-state index contributed by atoms with van der Waals surface area (Å²) in [5, 5.41) is 0. The highest BCUT2D eigenvalue weighted by atomic mass is 127. The lowest BCUT2D eigenvalue weighted by molar-refractivity contribution is -0.108. The van der Waals surface area contributed by atoms with Crippen molar-refractivity contribution >= 4 is 50.3 Å². The number of aldehydes is 1. The number of amides is 1. The number of carbonyl (C=O) groups excluding carboxylic acids is 2. The molecule has 3 rings (SSSR count). The van der Waals surface area contributed by atoms with Gasteiger partial charge in [-0.1, -0.05) is 13.0 Å². The van der Waals surface area contributed by atoms with E-state index in [-0.39, 0.29) is 16.7 Å². The van der Waals surface area contributed by atoms with Crippen molar-refractivity contribution in [2.24, 2.45) is 0 Å². The maximum atomic E-state index is 14.6. The Hall–Kier alpha value is -2.01. The van der Waals surface area contributed by atoms with E-state index in [1.54, 1.807) is 30.0 Å². The maximum absolute atomic E-state index is 14.6. The summed E-state index contributed by atoms with van der Waals surface area (Å²) in [6.45, 7) is 3.40. The van der Waals surface area contributed by atoms with Gasteiger partial charge in [0.2, 0.25) is 0 Å². The van der Waals surface area contributed by atoms with Gasteiger partial charge in [-0.25, -0.2) is 12.8 Å². The first-order valence-electron chi connectivity index (χ1n) is 9.40. The molecule has 0 aliphatic carbocycles. The summed E-state index contributed by atoms with van der Waals surface area (Å²) in [6, 6.07) is 9.32. The minimum Gasteiger partial charge on any atom is -0.366 e. The van der Waals surface area contributed by atoms with Gasteiger partial charge in [0.25, 0.3) is 5.91 Å². The predicted molar refractivity (Wildman–Crippen MR) is 121 cm³/mol. The molecule has 160 valence electrons. The first-order chi connectivity index (χ1) is 14.1. The molecule has 2 aromatic rings. The van der Waals surface area contributed by atoms with E-state index in [2.05, 4.69) is 0 Å². The third-order valence-electron chi connectivity index (χ3n) is 5.21. The van der Waals surface area contributed by atoms with E-state index in [4.69, 9.17) is 0 Å². The highest BCUT2D eigenvalue weighted by molar-refractivity contribution is 14.1. The fourth-order valence-electron chi connectivity index (χ4n) is 3.36. The van der Waals surface area contributed by atoms with Crippen molar-refractivity contribution in [3.8, 4) is 0 Å². The maximum Gasteiger partial charge on any atom is 0.255 e. The molecule has 1 aliphatic rings. The van der Waals surface area contributed by atoms with Crippen LogP contribution >= 0.6 is 22.6 Å². The highest BCUT2D eigenvalue weighted by Crippen LogP contribution is 2.26. The van der Waals surface area contributed by atoms with Crippen LogP contribution in [0.3, 0.4) is 0 Å². The summed E-state index contributed by atoms with van der Waals surface area (Å²) in [5.41, 5.74) is 1.42. The summed E-state index contributed by atoms with van der Waals surface area (Å²) < 4.78 is 38.9. The van der Waals surface area contributed by atoms with E-state index in [1.807, 2.05) is 27.5 Å². The topological polar surface area (TPSA) is 74.8 Å². The van der Waals surface area contributed by atoms with Gasteiger partial charge in [-0.15, -0.1) is 0 Å². The number of anilines is 1. The molecule has 0 radical (unpaired) electrons. The predicted octanol–water partition coefficient (Wildman–Crippen LogP) is 3.10. The number of benzene rings is 2. The van der Waals surface area contributed by atoms with Gasteiger partial charge >= 0.3 is 0 Å². The van der Waals surface area contributed by atoms with Gasteiger partial charge in [0.15, 0.2) is 9.84 Å². The number of hydrogen-bond donors (Lipinski definition) is 0. The van der Waals surface area contributed by atoms with Gasteiger partial charge in [-0.05, 0) is 58.5 Å². The molecule has 1 unspecified atom stereocenters. The number of carbonyl (C=O) groups is 2. The second-order valence-electron chi connectivity index (χ2n) is 7.33. The van der Waals surface area contributed by atoms with Crippen LogP contribution in [0.4, 0.5) is 10.1 Å². The first-order valence-corrected chi connectivity index (χ1v) is 12.4. The molecule has 6 nitrogen and oxygen atoms in total. The molecular formula is C21H22FIN2O4S. The standard InChI is InChI=1S/C21H22FIN2O4S/c1-14(13-26)15-3-6-20(18(22)11-15)24-7-9-25(10-8-24)21(27)17-12-16(30(2,28)29)4-5-19(17)23/h3-6,11-14H,7-10H2,1-2H3. The number of halogens is 2. The Kier molecular flexibility index (Phi) is 6.81. The van der Waals surface area contributed by atoms with E-state index in [9.17, 15) is 22.4 Å². The Morgan fingerprint density at radius 2 is 1.80 bits per heavy atom. The summed E-state index contributed by atoms with van der Waals surface area (Å²) in [5.74, 6) is -0.996. The molecule has 0 aromatic heterocycles. The molecule has 1 amide bonds. The number of sulfone groups is 1. The van der Waals surface area contributed by atoms with Crippen LogP contribution in [0.5, 0.6) is 0 Å². The van der Waals surface area contributed by atoms with Crippen molar-refractivity contribution in [2.75, 3.05) is 37.3 Å². The minimum atomic E-state index is -3.41. The van der Waals surface area contributed by atoms with Gasteiger partial charge in [0.05, 0.1) is 16.1 Å². The van der Waals surface area contributed by atoms with Crippen LogP contribution in [0.15, 0.2) is 41.3 Å². The van der Waals surface area contributed by atoms with E-state index in [0.29, 0.717) is 46.6 Å². The molecule has 30 heavy (non-hydrogen) atoms. The Bertz CT molecular complexity index is 1080. The van der Waals surface area contributed by atoms with Crippen molar-refractivity contribution in [3.63, 3.8) is 0 Å². The normalized spacial score (nSPS) is 15.7. The third-order valence-corrected chi connectivity index (χ3v) is 7.26. The number of hydrogen-bond acceptors (Lipinski definition) is 5. The van der Waals surface area contributed by atoms with Gasteiger partial charge in [0, 0.05) is 41.9 Å². The molecule has 0 bridgehead atoms. The van der Waals surface area contributed by atoms with Crippen molar-refractivity contribution in [1.29, 1.82) is 0 Å². The third kappa shape index (κ3) is 4.83. The SMILES string of the molecule is CC(C=O)c1ccc(N2CCN(C(=O)c3cc(S(C)(=O)=O)ccc3I)CC2)c(F)c1. The fraction of sp³-hybridized carbons (Fsp3) is 0.333. The molecule has 1 heterocycles. The van der Waals surface area contributed by atoms with Gasteiger partial charge in [-0.2, -0.15) is 0 Å². The molecule has 0 spiro atoms. The number of piperazine rings is 1. The quantitative estimate of drug-likeness (QED) is 0.428. The van der Waals surface area contributed by atoms with Crippen LogP contribution in [0.1, 0.15) is 28.8 Å². The molecule has 1 aliphatic heterocycles. The zero-order chi connectivity index (χ0) is 22.1. The molecule has 9 heteroatoms. The lowest BCUT2D eigenvalue weighted by atomic mass is 10.0. The van der Waals surface area contributed by atoms with Crippen LogP contribution in [-0.2, 0) is 14.6 Å². The van der Waals surface area contributed by atoms with Crippen molar-refractivity contribution in [3.05, 3.63) is 56.9 Å². The zero-order valence-electron chi connectivity index (χ0n) is 16.6. The summed E-state index contributed by atoms with van der Waals surface area (Å²) in [6.07, 6.45) is 1.89. The van der Waals surface area contributed by atoms with Crippen LogP contribution in [0.2, 0.25) is 0 Å². The average molecular weight is 544 g/mol. The lowest BCUT2D eigenvalue weighted by Crippen LogP contribution is -2.49. The van der Waals surface area contributed by atoms with E-state index in [1.165, 1.54) is 18.2 Å². The van der Waals surface area contributed by atoms with E-state index < -0.39 is 15.7 Å². The zero-order valence-corrected chi connectivity index (χ0v) is 19.6. The molecule has 0 saturated carbocycles. The molecule has 2 aromatic carbocycles. The van der Waals surface area contributed by atoms with E-state index in [0.717, 1.165) is 12.5 Å². The Morgan fingerprint density at radius 3 is 2.37 bits per heavy atom.